The van der Waals surface area contributed by atoms with Gasteiger partial charge in [0, 0.05) is 24.3 Å². The third-order valence-electron chi connectivity index (χ3n) is 4.52. The average Bonchev–Trinajstić information content (AvgIpc) is 3.21. The Labute approximate surface area is 121 Å². The summed E-state index contributed by atoms with van der Waals surface area (Å²) in [5.41, 5.74) is 1.62. The molecule has 4 heterocycles. The monoisotopic (exact) mass is 281 g/mol. The summed E-state index contributed by atoms with van der Waals surface area (Å²) in [6, 6.07) is 6.65. The number of amides is 1. The van der Waals surface area contributed by atoms with E-state index in [1.54, 1.807) is 29.1 Å². The first kappa shape index (κ1) is 12.4. The van der Waals surface area contributed by atoms with Crippen molar-refractivity contribution in [1.82, 2.24) is 20.0 Å². The standard InChI is InChI=1S/C15H15N5O/c16-7-9-3-4-20-8-17-13(6-14(9)20)15(21)19-12-5-10-1-2-11(12)18-10/h3-4,6,8,10-12,18H,1-2,5H2,(H,19,21)/t10-,11+,12-/m1/s1. The van der Waals surface area contributed by atoms with E-state index in [-0.39, 0.29) is 11.9 Å². The van der Waals surface area contributed by atoms with Gasteiger partial charge < -0.3 is 15.0 Å². The fourth-order valence-corrected chi connectivity index (χ4v) is 3.45. The second-order valence-corrected chi connectivity index (χ2v) is 5.77. The fourth-order valence-electron chi connectivity index (χ4n) is 3.45. The van der Waals surface area contributed by atoms with E-state index >= 15 is 0 Å². The maximum Gasteiger partial charge on any atom is 0.270 e. The molecular formula is C15H15N5O. The molecule has 2 saturated heterocycles. The fraction of sp³-hybridized carbons (Fsp3) is 0.400. The van der Waals surface area contributed by atoms with Gasteiger partial charge in [0.1, 0.15) is 18.1 Å². The molecule has 6 nitrogen and oxygen atoms in total. The number of hydrogen-bond donors (Lipinski definition) is 2. The van der Waals surface area contributed by atoms with Crippen LogP contribution in [0.3, 0.4) is 0 Å². The molecule has 21 heavy (non-hydrogen) atoms. The lowest BCUT2D eigenvalue weighted by molar-refractivity contribution is 0.0926. The summed E-state index contributed by atoms with van der Waals surface area (Å²) in [7, 11) is 0. The number of nitriles is 1. The first-order chi connectivity index (χ1) is 10.2. The lowest BCUT2D eigenvalue weighted by atomic mass is 9.95. The molecule has 106 valence electrons. The Bertz CT molecular complexity index is 759. The summed E-state index contributed by atoms with van der Waals surface area (Å²) in [6.45, 7) is 0. The summed E-state index contributed by atoms with van der Waals surface area (Å²) < 4.78 is 1.74. The maximum atomic E-state index is 12.3. The van der Waals surface area contributed by atoms with Crippen molar-refractivity contribution in [1.29, 1.82) is 5.26 Å². The van der Waals surface area contributed by atoms with Crippen LogP contribution >= 0.6 is 0 Å². The highest BCUT2D eigenvalue weighted by Crippen LogP contribution is 2.28. The Balaban J connectivity index is 1.58. The van der Waals surface area contributed by atoms with Crippen LogP contribution in [-0.4, -0.2) is 33.4 Å². The zero-order valence-electron chi connectivity index (χ0n) is 11.4. The number of hydrogen-bond acceptors (Lipinski definition) is 4. The predicted octanol–water partition coefficient (Wildman–Crippen LogP) is 0.829. The number of rotatable bonds is 2. The van der Waals surface area contributed by atoms with E-state index in [1.165, 1.54) is 6.42 Å². The van der Waals surface area contributed by atoms with Gasteiger partial charge in [-0.25, -0.2) is 4.98 Å². The molecule has 2 aromatic rings. The number of nitrogens with one attached hydrogen (secondary N) is 2. The van der Waals surface area contributed by atoms with Crippen LogP contribution in [0.2, 0.25) is 0 Å². The number of fused-ring (bicyclic) bond motifs is 3. The third-order valence-corrected chi connectivity index (χ3v) is 4.52. The molecule has 0 spiro atoms. The van der Waals surface area contributed by atoms with E-state index in [1.807, 2.05) is 0 Å². The molecule has 0 aromatic carbocycles. The normalized spacial score (nSPS) is 26.9. The van der Waals surface area contributed by atoms with Gasteiger partial charge in [0.05, 0.1) is 11.1 Å². The van der Waals surface area contributed by atoms with Crippen molar-refractivity contribution >= 4 is 11.4 Å². The van der Waals surface area contributed by atoms with Gasteiger partial charge in [-0.15, -0.1) is 0 Å². The highest BCUT2D eigenvalue weighted by Gasteiger charge is 2.39. The summed E-state index contributed by atoms with van der Waals surface area (Å²) >= 11 is 0. The van der Waals surface area contributed by atoms with Gasteiger partial charge in [-0.1, -0.05) is 0 Å². The molecular weight excluding hydrogens is 266 g/mol. The largest absolute Gasteiger partial charge is 0.346 e. The van der Waals surface area contributed by atoms with Crippen LogP contribution in [-0.2, 0) is 0 Å². The highest BCUT2D eigenvalue weighted by molar-refractivity contribution is 5.94. The number of aromatic nitrogens is 2. The van der Waals surface area contributed by atoms with Crippen molar-refractivity contribution in [3.8, 4) is 6.07 Å². The van der Waals surface area contributed by atoms with Gasteiger partial charge in [-0.2, -0.15) is 5.26 Å². The van der Waals surface area contributed by atoms with Crippen molar-refractivity contribution < 1.29 is 4.79 Å². The highest BCUT2D eigenvalue weighted by atomic mass is 16.2. The van der Waals surface area contributed by atoms with Gasteiger partial charge in [0.2, 0.25) is 0 Å². The van der Waals surface area contributed by atoms with Crippen molar-refractivity contribution in [3.05, 3.63) is 35.9 Å². The van der Waals surface area contributed by atoms with E-state index in [0.29, 0.717) is 28.9 Å². The average molecular weight is 281 g/mol. The Morgan fingerprint density at radius 1 is 1.52 bits per heavy atom. The SMILES string of the molecule is N#Cc1ccn2cnc(C(=O)N[C@@H]3C[C@H]4CC[C@@H]3N4)cc12. The molecule has 0 unspecified atom stereocenters. The molecule has 2 aromatic heterocycles. The number of carbonyl (C=O) groups excluding carboxylic acids is 1. The van der Waals surface area contributed by atoms with E-state index in [9.17, 15) is 4.79 Å². The second-order valence-electron chi connectivity index (χ2n) is 5.77. The Kier molecular flexibility index (Phi) is 2.69. The van der Waals surface area contributed by atoms with Crippen LogP contribution < -0.4 is 10.6 Å². The van der Waals surface area contributed by atoms with Crippen molar-refractivity contribution in [2.45, 2.75) is 37.4 Å². The zero-order valence-corrected chi connectivity index (χ0v) is 11.4. The van der Waals surface area contributed by atoms with Crippen molar-refractivity contribution in [2.24, 2.45) is 0 Å². The molecule has 3 atom stereocenters. The van der Waals surface area contributed by atoms with E-state index < -0.39 is 0 Å². The summed E-state index contributed by atoms with van der Waals surface area (Å²) in [6.07, 6.45) is 6.66. The minimum atomic E-state index is -0.165. The molecule has 2 aliphatic rings. The first-order valence-electron chi connectivity index (χ1n) is 7.18. The lowest BCUT2D eigenvalue weighted by Crippen LogP contribution is -2.43. The third kappa shape index (κ3) is 1.98. The smallest absolute Gasteiger partial charge is 0.270 e. The van der Waals surface area contributed by atoms with Crippen LogP contribution in [0.1, 0.15) is 35.3 Å². The Morgan fingerprint density at radius 2 is 2.43 bits per heavy atom. The maximum absolute atomic E-state index is 12.3. The van der Waals surface area contributed by atoms with E-state index in [2.05, 4.69) is 21.7 Å². The number of nitrogens with zero attached hydrogens (tertiary/aromatic N) is 3. The van der Waals surface area contributed by atoms with Crippen LogP contribution in [0.4, 0.5) is 0 Å². The molecule has 0 radical (unpaired) electrons. The minimum Gasteiger partial charge on any atom is -0.346 e. The molecule has 1 amide bonds. The Hall–Kier alpha value is -2.39. The zero-order chi connectivity index (χ0) is 14.4. The minimum absolute atomic E-state index is 0.165. The topological polar surface area (TPSA) is 82.2 Å². The van der Waals surface area contributed by atoms with Gasteiger partial charge in [0.15, 0.2) is 0 Å². The van der Waals surface area contributed by atoms with Gasteiger partial charge in [-0.05, 0) is 31.4 Å². The van der Waals surface area contributed by atoms with Gasteiger partial charge in [0.25, 0.3) is 5.91 Å². The Morgan fingerprint density at radius 3 is 3.14 bits per heavy atom. The van der Waals surface area contributed by atoms with Crippen LogP contribution in [0, 0.1) is 11.3 Å². The van der Waals surface area contributed by atoms with E-state index in [4.69, 9.17) is 5.26 Å². The molecule has 2 bridgehead atoms. The van der Waals surface area contributed by atoms with Crippen LogP contribution in [0.15, 0.2) is 24.7 Å². The molecule has 6 heteroatoms. The molecule has 2 aliphatic heterocycles. The predicted molar refractivity (Wildman–Crippen MR) is 75.7 cm³/mol. The summed E-state index contributed by atoms with van der Waals surface area (Å²) in [4.78, 5) is 16.5. The quantitative estimate of drug-likeness (QED) is 0.854. The molecule has 4 rings (SSSR count). The van der Waals surface area contributed by atoms with Crippen molar-refractivity contribution in [2.75, 3.05) is 0 Å². The van der Waals surface area contributed by atoms with E-state index in [0.717, 1.165) is 12.8 Å². The van der Waals surface area contributed by atoms with Gasteiger partial charge >= 0.3 is 0 Å². The molecule has 0 aliphatic carbocycles. The van der Waals surface area contributed by atoms with Crippen molar-refractivity contribution in [3.63, 3.8) is 0 Å². The number of carbonyl (C=O) groups is 1. The lowest BCUT2D eigenvalue weighted by Gasteiger charge is -2.21. The van der Waals surface area contributed by atoms with Crippen LogP contribution in [0.25, 0.3) is 5.52 Å². The molecule has 2 N–H and O–H groups in total. The van der Waals surface area contributed by atoms with Crippen LogP contribution in [0.5, 0.6) is 0 Å². The van der Waals surface area contributed by atoms with Gasteiger partial charge in [-0.3, -0.25) is 4.79 Å². The molecule has 2 fully saturated rings. The summed E-state index contributed by atoms with van der Waals surface area (Å²) in [5, 5.41) is 15.6. The summed E-state index contributed by atoms with van der Waals surface area (Å²) in [5.74, 6) is -0.165. The second kappa shape index (κ2) is 4.57. The molecule has 0 saturated carbocycles. The first-order valence-corrected chi connectivity index (χ1v) is 7.18.